The molecule has 1 heterocycles. The first-order valence-corrected chi connectivity index (χ1v) is 8.10. The van der Waals surface area contributed by atoms with E-state index in [9.17, 15) is 0 Å². The van der Waals surface area contributed by atoms with E-state index in [-0.39, 0.29) is 0 Å². The van der Waals surface area contributed by atoms with Crippen molar-refractivity contribution >= 4 is 10.9 Å². The molecule has 0 bridgehead atoms. The van der Waals surface area contributed by atoms with Gasteiger partial charge in [-0.2, -0.15) is 0 Å². The highest BCUT2D eigenvalue weighted by atomic mass is 16.5. The lowest BCUT2D eigenvalue weighted by molar-refractivity contribution is 0.304. The molecule has 0 unspecified atom stereocenters. The molecule has 2 rings (SSSR count). The van der Waals surface area contributed by atoms with Crippen molar-refractivity contribution in [3.63, 3.8) is 0 Å². The van der Waals surface area contributed by atoms with E-state index >= 15 is 0 Å². The SMILES string of the molecule is CCCCCCCCCCOc1ccc2[nH]ccc2c1. The number of rotatable bonds is 10. The predicted octanol–water partition coefficient (Wildman–Crippen LogP) is 5.69. The third-order valence-electron chi connectivity index (χ3n) is 3.79. The Balaban J connectivity index is 1.54. The van der Waals surface area contributed by atoms with Gasteiger partial charge >= 0.3 is 0 Å². The maximum Gasteiger partial charge on any atom is 0.120 e. The van der Waals surface area contributed by atoms with Gasteiger partial charge in [-0.15, -0.1) is 0 Å². The lowest BCUT2D eigenvalue weighted by atomic mass is 10.1. The zero-order valence-corrected chi connectivity index (χ0v) is 12.7. The van der Waals surface area contributed by atoms with Crippen molar-refractivity contribution in [3.05, 3.63) is 30.5 Å². The molecule has 1 aromatic carbocycles. The van der Waals surface area contributed by atoms with Crippen LogP contribution in [0.5, 0.6) is 5.75 Å². The van der Waals surface area contributed by atoms with Crippen molar-refractivity contribution < 1.29 is 4.74 Å². The zero-order valence-electron chi connectivity index (χ0n) is 12.7. The van der Waals surface area contributed by atoms with Gasteiger partial charge < -0.3 is 9.72 Å². The topological polar surface area (TPSA) is 25.0 Å². The van der Waals surface area contributed by atoms with Gasteiger partial charge in [0.25, 0.3) is 0 Å². The Bertz CT molecular complexity index is 489. The van der Waals surface area contributed by atoms with Crippen LogP contribution >= 0.6 is 0 Å². The van der Waals surface area contributed by atoms with E-state index in [1.54, 1.807) is 0 Å². The molecule has 0 spiro atoms. The number of ether oxygens (including phenoxy) is 1. The average molecular weight is 273 g/mol. The van der Waals surface area contributed by atoms with Gasteiger partial charge in [0.2, 0.25) is 0 Å². The Morgan fingerprint density at radius 1 is 0.900 bits per heavy atom. The maximum atomic E-state index is 5.81. The van der Waals surface area contributed by atoms with E-state index in [0.717, 1.165) is 12.4 Å². The molecule has 0 aliphatic carbocycles. The zero-order chi connectivity index (χ0) is 14.0. The van der Waals surface area contributed by atoms with Crippen LogP contribution in [-0.4, -0.2) is 11.6 Å². The summed E-state index contributed by atoms with van der Waals surface area (Å²) in [6.45, 7) is 3.10. The standard InChI is InChI=1S/C18H27NO/c1-2-3-4-5-6-7-8-9-14-20-17-10-11-18-16(15-17)12-13-19-18/h10-13,15,19H,2-9,14H2,1H3. The lowest BCUT2D eigenvalue weighted by Gasteiger charge is -2.06. The lowest BCUT2D eigenvalue weighted by Crippen LogP contribution is -1.97. The fraction of sp³-hybridized carbons (Fsp3) is 0.556. The van der Waals surface area contributed by atoms with Crippen molar-refractivity contribution in [2.75, 3.05) is 6.61 Å². The number of unbranched alkanes of at least 4 members (excludes halogenated alkanes) is 7. The Labute approximate surface area is 122 Å². The highest BCUT2D eigenvalue weighted by molar-refractivity contribution is 5.80. The summed E-state index contributed by atoms with van der Waals surface area (Å²) in [5.74, 6) is 0.986. The minimum atomic E-state index is 0.838. The largest absolute Gasteiger partial charge is 0.494 e. The van der Waals surface area contributed by atoms with E-state index in [1.165, 1.54) is 62.3 Å². The molecular weight excluding hydrogens is 246 g/mol. The summed E-state index contributed by atoms with van der Waals surface area (Å²) in [4.78, 5) is 3.20. The highest BCUT2D eigenvalue weighted by Crippen LogP contribution is 2.20. The number of benzene rings is 1. The average Bonchev–Trinajstić information content (AvgIpc) is 2.93. The maximum absolute atomic E-state index is 5.81. The van der Waals surface area contributed by atoms with Gasteiger partial charge in [-0.1, -0.05) is 51.9 Å². The van der Waals surface area contributed by atoms with Crippen molar-refractivity contribution in [2.45, 2.75) is 58.3 Å². The van der Waals surface area contributed by atoms with Crippen LogP contribution in [0.3, 0.4) is 0 Å². The smallest absolute Gasteiger partial charge is 0.120 e. The Hall–Kier alpha value is -1.44. The summed E-state index contributed by atoms with van der Waals surface area (Å²) in [5.41, 5.74) is 1.17. The fourth-order valence-electron chi connectivity index (χ4n) is 2.55. The molecule has 0 saturated carbocycles. The van der Waals surface area contributed by atoms with E-state index in [0.29, 0.717) is 0 Å². The van der Waals surface area contributed by atoms with E-state index in [1.807, 2.05) is 12.3 Å². The summed E-state index contributed by atoms with van der Waals surface area (Å²) in [7, 11) is 0. The van der Waals surface area contributed by atoms with Gasteiger partial charge in [0, 0.05) is 17.1 Å². The van der Waals surface area contributed by atoms with E-state index in [4.69, 9.17) is 4.74 Å². The molecule has 1 aromatic heterocycles. The molecule has 20 heavy (non-hydrogen) atoms. The number of fused-ring (bicyclic) bond motifs is 1. The first-order valence-electron chi connectivity index (χ1n) is 8.10. The Morgan fingerprint density at radius 2 is 1.65 bits per heavy atom. The van der Waals surface area contributed by atoms with Crippen molar-refractivity contribution in [2.24, 2.45) is 0 Å². The molecular formula is C18H27NO. The highest BCUT2D eigenvalue weighted by Gasteiger charge is 1.98. The van der Waals surface area contributed by atoms with Crippen LogP contribution in [0, 0.1) is 0 Å². The molecule has 1 N–H and O–H groups in total. The normalized spacial score (nSPS) is 11.1. The number of hydrogen-bond acceptors (Lipinski definition) is 1. The molecule has 2 nitrogen and oxygen atoms in total. The predicted molar refractivity (Wildman–Crippen MR) is 86.4 cm³/mol. The van der Waals surface area contributed by atoms with E-state index in [2.05, 4.69) is 30.1 Å². The third-order valence-corrected chi connectivity index (χ3v) is 3.79. The van der Waals surface area contributed by atoms with Gasteiger partial charge in [0.15, 0.2) is 0 Å². The summed E-state index contributed by atoms with van der Waals surface area (Å²) in [6.07, 6.45) is 12.7. The van der Waals surface area contributed by atoms with Gasteiger partial charge in [-0.05, 0) is 30.7 Å². The van der Waals surface area contributed by atoms with E-state index < -0.39 is 0 Å². The van der Waals surface area contributed by atoms with Gasteiger partial charge in [0.05, 0.1) is 6.61 Å². The molecule has 0 atom stereocenters. The monoisotopic (exact) mass is 273 g/mol. The fourth-order valence-corrected chi connectivity index (χ4v) is 2.55. The second kappa shape index (κ2) is 8.68. The molecule has 0 fully saturated rings. The molecule has 0 saturated heterocycles. The van der Waals surface area contributed by atoms with Crippen LogP contribution in [0.25, 0.3) is 10.9 Å². The van der Waals surface area contributed by atoms with Gasteiger partial charge in [-0.3, -0.25) is 0 Å². The molecule has 0 radical (unpaired) electrons. The molecule has 2 heteroatoms. The second-order valence-electron chi connectivity index (χ2n) is 5.55. The number of aromatic amines is 1. The van der Waals surface area contributed by atoms with Crippen LogP contribution in [0.1, 0.15) is 58.3 Å². The number of aromatic nitrogens is 1. The minimum Gasteiger partial charge on any atom is -0.494 e. The molecule has 0 amide bonds. The molecule has 110 valence electrons. The summed E-state index contributed by atoms with van der Waals surface area (Å²) in [5, 5.41) is 1.22. The second-order valence-corrected chi connectivity index (χ2v) is 5.55. The van der Waals surface area contributed by atoms with Crippen LogP contribution in [0.2, 0.25) is 0 Å². The quantitative estimate of drug-likeness (QED) is 0.553. The van der Waals surface area contributed by atoms with Crippen molar-refractivity contribution in [1.29, 1.82) is 0 Å². The van der Waals surface area contributed by atoms with Crippen molar-refractivity contribution in [3.8, 4) is 5.75 Å². The number of H-pyrrole nitrogens is 1. The molecule has 0 aliphatic rings. The summed E-state index contributed by atoms with van der Waals surface area (Å²) >= 11 is 0. The summed E-state index contributed by atoms with van der Waals surface area (Å²) < 4.78 is 5.81. The van der Waals surface area contributed by atoms with Crippen LogP contribution in [0.15, 0.2) is 30.5 Å². The first-order chi connectivity index (χ1) is 9.90. The first kappa shape index (κ1) is 15.0. The Kier molecular flexibility index (Phi) is 6.49. The number of hydrogen-bond donors (Lipinski definition) is 1. The van der Waals surface area contributed by atoms with Crippen LogP contribution in [-0.2, 0) is 0 Å². The van der Waals surface area contributed by atoms with Crippen LogP contribution in [0.4, 0.5) is 0 Å². The number of nitrogens with one attached hydrogen (secondary N) is 1. The molecule has 2 aromatic rings. The van der Waals surface area contributed by atoms with Gasteiger partial charge in [-0.25, -0.2) is 0 Å². The minimum absolute atomic E-state index is 0.838. The third kappa shape index (κ3) is 4.92. The molecule has 0 aliphatic heterocycles. The van der Waals surface area contributed by atoms with Gasteiger partial charge in [0.1, 0.15) is 5.75 Å². The summed E-state index contributed by atoms with van der Waals surface area (Å²) in [6, 6.07) is 8.32. The Morgan fingerprint density at radius 3 is 2.45 bits per heavy atom. The van der Waals surface area contributed by atoms with Crippen molar-refractivity contribution in [1.82, 2.24) is 4.98 Å². The van der Waals surface area contributed by atoms with Crippen LogP contribution < -0.4 is 4.74 Å².